The molecule has 1 aliphatic carbocycles. The van der Waals surface area contributed by atoms with Gasteiger partial charge in [0.15, 0.2) is 11.5 Å². The van der Waals surface area contributed by atoms with E-state index in [2.05, 4.69) is 6.58 Å². The van der Waals surface area contributed by atoms with E-state index in [1.165, 1.54) is 7.11 Å². The van der Waals surface area contributed by atoms with Crippen molar-refractivity contribution in [1.82, 2.24) is 0 Å². The highest BCUT2D eigenvalue weighted by Crippen LogP contribution is 2.39. The second kappa shape index (κ2) is 10.6. The molecule has 1 aromatic carbocycles. The van der Waals surface area contributed by atoms with Crippen molar-refractivity contribution in [1.29, 1.82) is 0 Å². The summed E-state index contributed by atoms with van der Waals surface area (Å²) < 4.78 is 21.9. The van der Waals surface area contributed by atoms with E-state index in [-0.39, 0.29) is 26.1 Å². The second-order valence-corrected chi connectivity index (χ2v) is 7.45. The fourth-order valence-corrected chi connectivity index (χ4v) is 3.49. The molecule has 1 unspecified atom stereocenters. The van der Waals surface area contributed by atoms with Crippen LogP contribution in [0.15, 0.2) is 24.8 Å². The zero-order valence-electron chi connectivity index (χ0n) is 17.6. The van der Waals surface area contributed by atoms with Crippen LogP contribution in [0.3, 0.4) is 0 Å². The average molecular weight is 436 g/mol. The van der Waals surface area contributed by atoms with Gasteiger partial charge in [-0.1, -0.05) is 12.6 Å². The van der Waals surface area contributed by atoms with Crippen molar-refractivity contribution in [2.24, 2.45) is 0 Å². The van der Waals surface area contributed by atoms with Gasteiger partial charge in [-0.3, -0.25) is 9.59 Å². The molecule has 0 bridgehead atoms. The van der Waals surface area contributed by atoms with Gasteiger partial charge in [-0.15, -0.1) is 0 Å². The van der Waals surface area contributed by atoms with Crippen molar-refractivity contribution in [3.05, 3.63) is 30.3 Å². The maximum Gasteiger partial charge on any atom is 0.306 e. The van der Waals surface area contributed by atoms with Gasteiger partial charge in [0.1, 0.15) is 19.3 Å². The molecular weight excluding hydrogens is 408 g/mol. The summed E-state index contributed by atoms with van der Waals surface area (Å²) in [5.41, 5.74) is 1.49. The number of carboxylic acids is 1. The van der Waals surface area contributed by atoms with Gasteiger partial charge in [-0.2, -0.15) is 0 Å². The molecule has 0 amide bonds. The van der Waals surface area contributed by atoms with Crippen LogP contribution >= 0.6 is 0 Å². The lowest BCUT2D eigenvalue weighted by Crippen LogP contribution is -2.43. The van der Waals surface area contributed by atoms with Crippen LogP contribution in [0.25, 0.3) is 5.57 Å². The first kappa shape index (κ1) is 23.1. The van der Waals surface area contributed by atoms with E-state index in [1.807, 2.05) is 6.07 Å². The maximum absolute atomic E-state index is 11.4. The molecule has 1 aromatic rings. The lowest BCUT2D eigenvalue weighted by Gasteiger charge is -2.36. The van der Waals surface area contributed by atoms with Gasteiger partial charge in [0, 0.05) is 12.8 Å². The van der Waals surface area contributed by atoms with Gasteiger partial charge < -0.3 is 24.1 Å². The third-order valence-electron chi connectivity index (χ3n) is 5.25. The first-order valence-electron chi connectivity index (χ1n) is 10.3. The highest BCUT2D eigenvalue weighted by Gasteiger charge is 2.42. The number of benzene rings is 1. The number of hydrogen-bond donors (Lipinski definition) is 1. The number of carbonyl (C=O) groups is 2. The van der Waals surface area contributed by atoms with Crippen molar-refractivity contribution in [3.8, 4) is 11.5 Å². The molecule has 31 heavy (non-hydrogen) atoms. The summed E-state index contributed by atoms with van der Waals surface area (Å²) in [5.74, 6) is -1.28. The number of esters is 1. The van der Waals surface area contributed by atoms with E-state index in [4.69, 9.17) is 33.8 Å². The molecule has 1 aliphatic heterocycles. The van der Waals surface area contributed by atoms with Crippen LogP contribution in [-0.4, -0.2) is 55.9 Å². The Hall–Kier alpha value is -2.62. The minimum absolute atomic E-state index is 0.00239. The van der Waals surface area contributed by atoms with Crippen LogP contribution in [0.1, 0.15) is 44.1 Å². The first-order chi connectivity index (χ1) is 14.9. The molecule has 1 atom stereocenters. The molecule has 1 heterocycles. The lowest BCUT2D eigenvalue weighted by atomic mass is 10.0. The van der Waals surface area contributed by atoms with Gasteiger partial charge >= 0.3 is 11.9 Å². The van der Waals surface area contributed by atoms with Crippen molar-refractivity contribution in [3.63, 3.8) is 0 Å². The number of hydrogen-bond acceptors (Lipinski definition) is 8. The van der Waals surface area contributed by atoms with E-state index in [0.29, 0.717) is 23.7 Å². The Morgan fingerprint density at radius 3 is 2.61 bits per heavy atom. The summed E-state index contributed by atoms with van der Waals surface area (Å²) in [5, 5.41) is 8.56. The van der Waals surface area contributed by atoms with E-state index in [9.17, 15) is 9.59 Å². The molecule has 2 aliphatic rings. The van der Waals surface area contributed by atoms with E-state index < -0.39 is 23.8 Å². The molecule has 0 radical (unpaired) electrons. The minimum atomic E-state index is -1.05. The van der Waals surface area contributed by atoms with Crippen LogP contribution in [0.2, 0.25) is 0 Å². The number of carbonyl (C=O) groups excluding carboxylic acids is 1. The zero-order chi connectivity index (χ0) is 22.3. The number of ether oxygens (including phenoxy) is 4. The molecule has 9 nitrogen and oxygen atoms in total. The van der Waals surface area contributed by atoms with Crippen LogP contribution < -0.4 is 9.47 Å². The van der Waals surface area contributed by atoms with Crippen LogP contribution in [-0.2, 0) is 28.8 Å². The lowest BCUT2D eigenvalue weighted by molar-refractivity contribution is -0.475. The molecule has 3 rings (SSSR count). The normalized spacial score (nSPS) is 19.7. The number of methoxy groups -OCH3 is 1. The molecule has 1 saturated carbocycles. The Bertz CT molecular complexity index is 788. The van der Waals surface area contributed by atoms with Gasteiger partial charge in [-0.25, -0.2) is 9.78 Å². The fraction of sp³-hybridized carbons (Fsp3) is 0.545. The summed E-state index contributed by atoms with van der Waals surface area (Å²) in [4.78, 5) is 33.0. The smallest absolute Gasteiger partial charge is 0.306 e. The van der Waals surface area contributed by atoms with Crippen molar-refractivity contribution in [2.75, 3.05) is 26.9 Å². The quantitative estimate of drug-likeness (QED) is 0.336. The van der Waals surface area contributed by atoms with E-state index >= 15 is 0 Å². The Labute approximate surface area is 180 Å². The largest absolute Gasteiger partial charge is 0.493 e. The number of aliphatic carboxylic acids is 1. The Morgan fingerprint density at radius 1 is 1.19 bits per heavy atom. The van der Waals surface area contributed by atoms with Gasteiger partial charge in [0.25, 0.3) is 0 Å². The van der Waals surface area contributed by atoms with Crippen molar-refractivity contribution in [2.45, 2.75) is 50.4 Å². The highest BCUT2D eigenvalue weighted by atomic mass is 17.2. The van der Waals surface area contributed by atoms with Crippen LogP contribution in [0.4, 0.5) is 0 Å². The molecule has 170 valence electrons. The Balaban J connectivity index is 1.49. The van der Waals surface area contributed by atoms with Crippen molar-refractivity contribution < 1.29 is 43.4 Å². The first-order valence-corrected chi connectivity index (χ1v) is 10.3. The molecule has 9 heteroatoms. The molecule has 1 N–H and O–H groups in total. The van der Waals surface area contributed by atoms with Crippen molar-refractivity contribution >= 4 is 17.5 Å². The summed E-state index contributed by atoms with van der Waals surface area (Å²) in [7, 11) is 1.52. The van der Waals surface area contributed by atoms with E-state index in [0.717, 1.165) is 31.2 Å². The third kappa shape index (κ3) is 6.19. The van der Waals surface area contributed by atoms with Gasteiger partial charge in [0.05, 0.1) is 26.6 Å². The van der Waals surface area contributed by atoms with Crippen LogP contribution in [0, 0.1) is 0 Å². The summed E-state index contributed by atoms with van der Waals surface area (Å²) in [6, 6.07) is 5.33. The second-order valence-electron chi connectivity index (χ2n) is 7.45. The topological polar surface area (TPSA) is 110 Å². The summed E-state index contributed by atoms with van der Waals surface area (Å²) >= 11 is 0. The fourth-order valence-electron chi connectivity index (χ4n) is 3.49. The minimum Gasteiger partial charge on any atom is -0.493 e. The zero-order valence-corrected chi connectivity index (χ0v) is 17.6. The van der Waals surface area contributed by atoms with Crippen LogP contribution in [0.5, 0.6) is 11.5 Å². The third-order valence-corrected chi connectivity index (χ3v) is 5.25. The maximum atomic E-state index is 11.4. The summed E-state index contributed by atoms with van der Waals surface area (Å²) in [6.45, 7) is 4.58. The number of carboxylic acid groups (broad SMARTS) is 1. The number of rotatable bonds is 10. The Morgan fingerprint density at radius 2 is 1.97 bits per heavy atom. The standard InChI is InChI=1S/C22H28O9/c1-15(19-14-29-22(31-30-19)9-3-4-10-22)16-5-6-17(18(13-16)26-2)27-11-12-28-21(25)8-7-20(23)24/h5-6,13,19H,1,3-4,7-12,14H2,2H3,(H,23,24). The molecule has 1 saturated heterocycles. The molecule has 1 spiro atoms. The molecule has 2 fully saturated rings. The monoisotopic (exact) mass is 436 g/mol. The van der Waals surface area contributed by atoms with Gasteiger partial charge in [0.2, 0.25) is 5.79 Å². The Kier molecular flexibility index (Phi) is 7.89. The predicted octanol–water partition coefficient (Wildman–Crippen LogP) is 3.11. The molecule has 0 aromatic heterocycles. The average Bonchev–Trinajstić information content (AvgIpc) is 3.23. The van der Waals surface area contributed by atoms with Gasteiger partial charge in [-0.05, 0) is 36.1 Å². The SMILES string of the molecule is C=C(c1ccc(OCCOC(=O)CCC(=O)O)c(OC)c1)C1COC2(CCCC2)OO1. The summed E-state index contributed by atoms with van der Waals surface area (Å²) in [6.07, 6.45) is 2.94. The predicted molar refractivity (Wildman–Crippen MR) is 108 cm³/mol. The van der Waals surface area contributed by atoms with E-state index in [1.54, 1.807) is 12.1 Å². The highest BCUT2D eigenvalue weighted by molar-refractivity contribution is 5.76. The molecular formula is C22H28O9.